The molecule has 1 aliphatic rings. The van der Waals surface area contributed by atoms with Crippen LogP contribution in [0.25, 0.3) is 11.0 Å². The summed E-state index contributed by atoms with van der Waals surface area (Å²) in [6, 6.07) is 3.21. The number of likely N-dealkylation sites (tertiary alicyclic amines) is 1. The van der Waals surface area contributed by atoms with Gasteiger partial charge in [-0.15, -0.1) is 11.6 Å². The molecule has 0 aliphatic carbocycles. The number of carbonyl (C=O) groups excluding carboxylic acids is 1. The van der Waals surface area contributed by atoms with Gasteiger partial charge in [0.2, 0.25) is 5.91 Å². The number of halogens is 3. The second-order valence-electron chi connectivity index (χ2n) is 5.25. The van der Waals surface area contributed by atoms with Crippen molar-refractivity contribution < 1.29 is 9.18 Å². The quantitative estimate of drug-likeness (QED) is 0.755. The van der Waals surface area contributed by atoms with E-state index in [1.165, 1.54) is 6.07 Å². The first kappa shape index (κ1) is 14.8. The van der Waals surface area contributed by atoms with E-state index in [9.17, 15) is 9.18 Å². The highest BCUT2D eigenvalue weighted by atomic mass is 79.9. The largest absolute Gasteiger partial charge is 0.344 e. The van der Waals surface area contributed by atoms with Gasteiger partial charge in [0, 0.05) is 26.1 Å². The lowest BCUT2D eigenvalue weighted by Crippen LogP contribution is -2.38. The van der Waals surface area contributed by atoms with Gasteiger partial charge in [-0.05, 0) is 28.4 Å². The molecule has 0 radical (unpaired) electrons. The minimum atomic E-state index is -0.329. The van der Waals surface area contributed by atoms with Crippen LogP contribution >= 0.6 is 27.5 Å². The average molecular weight is 375 g/mol. The molecule has 21 heavy (non-hydrogen) atoms. The molecule has 2 heterocycles. The highest BCUT2D eigenvalue weighted by Gasteiger charge is 2.27. The minimum absolute atomic E-state index is 0.0759. The Morgan fingerprint density at radius 2 is 2.29 bits per heavy atom. The third kappa shape index (κ3) is 2.55. The third-order valence-electron chi connectivity index (χ3n) is 3.89. The average Bonchev–Trinajstić information content (AvgIpc) is 2.80. The van der Waals surface area contributed by atoms with E-state index in [0.717, 1.165) is 11.9 Å². The van der Waals surface area contributed by atoms with Crippen LogP contribution < -0.4 is 0 Å². The summed E-state index contributed by atoms with van der Waals surface area (Å²) in [5.41, 5.74) is 1.43. The molecule has 1 atom stereocenters. The molecule has 0 N–H and O–H groups in total. The Morgan fingerprint density at radius 1 is 1.52 bits per heavy atom. The lowest BCUT2D eigenvalue weighted by atomic mass is 10.1. The van der Waals surface area contributed by atoms with E-state index in [1.54, 1.807) is 18.0 Å². The summed E-state index contributed by atoms with van der Waals surface area (Å²) in [6.45, 7) is 0.589. The van der Waals surface area contributed by atoms with Crippen molar-refractivity contribution in [1.29, 1.82) is 0 Å². The van der Waals surface area contributed by atoms with Gasteiger partial charge in [0.15, 0.2) is 0 Å². The van der Waals surface area contributed by atoms with Crippen LogP contribution in [-0.4, -0.2) is 34.0 Å². The molecule has 112 valence electrons. The SMILES string of the molecule is CN1CC(n2c(CCl)nc3cc(Br)c(F)cc32)CCC1=O. The first-order valence-electron chi connectivity index (χ1n) is 6.67. The Labute approximate surface area is 135 Å². The van der Waals surface area contributed by atoms with Crippen LogP contribution in [-0.2, 0) is 10.7 Å². The summed E-state index contributed by atoms with van der Waals surface area (Å²) < 4.78 is 16.2. The summed E-state index contributed by atoms with van der Waals surface area (Å²) in [7, 11) is 1.78. The van der Waals surface area contributed by atoms with E-state index < -0.39 is 0 Å². The highest BCUT2D eigenvalue weighted by Crippen LogP contribution is 2.31. The lowest BCUT2D eigenvalue weighted by molar-refractivity contribution is -0.132. The van der Waals surface area contributed by atoms with Crippen LogP contribution in [0, 0.1) is 5.82 Å². The molecule has 1 aliphatic heterocycles. The normalized spacial score (nSPS) is 19.5. The summed E-state index contributed by atoms with van der Waals surface area (Å²) >= 11 is 9.17. The van der Waals surface area contributed by atoms with Gasteiger partial charge in [0.05, 0.1) is 27.4 Å². The highest BCUT2D eigenvalue weighted by molar-refractivity contribution is 9.10. The smallest absolute Gasteiger partial charge is 0.222 e. The summed E-state index contributed by atoms with van der Waals surface area (Å²) in [5, 5.41) is 0. The van der Waals surface area contributed by atoms with E-state index in [0.29, 0.717) is 28.8 Å². The predicted molar refractivity (Wildman–Crippen MR) is 82.9 cm³/mol. The molecule has 0 spiro atoms. The van der Waals surface area contributed by atoms with Gasteiger partial charge >= 0.3 is 0 Å². The van der Waals surface area contributed by atoms with E-state index >= 15 is 0 Å². The number of benzene rings is 1. The second kappa shape index (κ2) is 5.57. The van der Waals surface area contributed by atoms with Crippen LogP contribution in [0.4, 0.5) is 4.39 Å². The van der Waals surface area contributed by atoms with Crippen molar-refractivity contribution >= 4 is 44.5 Å². The first-order valence-corrected chi connectivity index (χ1v) is 7.99. The van der Waals surface area contributed by atoms with Crippen molar-refractivity contribution in [2.45, 2.75) is 24.8 Å². The molecule has 1 unspecified atom stereocenters. The van der Waals surface area contributed by atoms with Crippen LogP contribution in [0.3, 0.4) is 0 Å². The van der Waals surface area contributed by atoms with Crippen LogP contribution in [0.15, 0.2) is 16.6 Å². The van der Waals surface area contributed by atoms with Crippen LogP contribution in [0.2, 0.25) is 0 Å². The van der Waals surface area contributed by atoms with Crippen molar-refractivity contribution in [3.8, 4) is 0 Å². The zero-order valence-electron chi connectivity index (χ0n) is 11.4. The summed E-state index contributed by atoms with van der Waals surface area (Å²) in [5.74, 6) is 0.765. The van der Waals surface area contributed by atoms with E-state index in [2.05, 4.69) is 20.9 Å². The van der Waals surface area contributed by atoms with E-state index in [1.807, 2.05) is 4.57 Å². The molecular formula is C14H14BrClFN3O. The fraction of sp³-hybridized carbons (Fsp3) is 0.429. The number of imidazole rings is 1. The Morgan fingerprint density at radius 3 is 2.95 bits per heavy atom. The Bertz CT molecular complexity index is 718. The standard InChI is InChI=1S/C14H14BrClFN3O/c1-19-7-8(2-3-14(19)21)20-12-5-10(17)9(15)4-11(12)18-13(20)6-16/h4-5,8H,2-3,6-7H2,1H3. The van der Waals surface area contributed by atoms with Gasteiger partial charge in [-0.25, -0.2) is 9.37 Å². The van der Waals surface area contributed by atoms with Gasteiger partial charge in [-0.1, -0.05) is 0 Å². The number of hydrogen-bond donors (Lipinski definition) is 0. The number of rotatable bonds is 2. The number of hydrogen-bond acceptors (Lipinski definition) is 2. The van der Waals surface area contributed by atoms with Crippen LogP contribution in [0.5, 0.6) is 0 Å². The molecule has 3 rings (SSSR count). The molecule has 1 aromatic carbocycles. The zero-order chi connectivity index (χ0) is 15.1. The van der Waals surface area contributed by atoms with E-state index in [4.69, 9.17) is 11.6 Å². The fourth-order valence-electron chi connectivity index (χ4n) is 2.84. The van der Waals surface area contributed by atoms with Crippen molar-refractivity contribution in [2.75, 3.05) is 13.6 Å². The molecule has 7 heteroatoms. The molecule has 2 aromatic rings. The maximum absolute atomic E-state index is 13.9. The molecule has 1 aromatic heterocycles. The maximum Gasteiger partial charge on any atom is 0.222 e. The number of piperidine rings is 1. The molecule has 4 nitrogen and oxygen atoms in total. The second-order valence-corrected chi connectivity index (χ2v) is 6.38. The van der Waals surface area contributed by atoms with Crippen molar-refractivity contribution in [3.63, 3.8) is 0 Å². The number of alkyl halides is 1. The van der Waals surface area contributed by atoms with Crippen molar-refractivity contribution in [2.24, 2.45) is 0 Å². The number of likely N-dealkylation sites (N-methyl/N-ethyl adjacent to an activating group) is 1. The van der Waals surface area contributed by atoms with Gasteiger partial charge < -0.3 is 9.47 Å². The molecule has 0 bridgehead atoms. The van der Waals surface area contributed by atoms with Crippen molar-refractivity contribution in [3.05, 3.63) is 28.2 Å². The summed E-state index contributed by atoms with van der Waals surface area (Å²) in [6.07, 6.45) is 1.21. The zero-order valence-corrected chi connectivity index (χ0v) is 13.8. The van der Waals surface area contributed by atoms with Gasteiger partial charge in [-0.3, -0.25) is 4.79 Å². The van der Waals surface area contributed by atoms with Crippen molar-refractivity contribution in [1.82, 2.24) is 14.5 Å². The molecule has 1 saturated heterocycles. The van der Waals surface area contributed by atoms with Gasteiger partial charge in [-0.2, -0.15) is 0 Å². The number of amides is 1. The maximum atomic E-state index is 13.9. The number of aromatic nitrogens is 2. The molecular weight excluding hydrogens is 361 g/mol. The molecule has 0 saturated carbocycles. The number of fused-ring (bicyclic) bond motifs is 1. The Balaban J connectivity index is 2.12. The van der Waals surface area contributed by atoms with Gasteiger partial charge in [0.1, 0.15) is 11.6 Å². The minimum Gasteiger partial charge on any atom is -0.344 e. The fourth-order valence-corrected chi connectivity index (χ4v) is 3.36. The monoisotopic (exact) mass is 373 g/mol. The topological polar surface area (TPSA) is 38.1 Å². The Hall–Kier alpha value is -1.14. The Kier molecular flexibility index (Phi) is 3.92. The summed E-state index contributed by atoms with van der Waals surface area (Å²) in [4.78, 5) is 17.8. The third-order valence-corrected chi connectivity index (χ3v) is 4.74. The molecule has 1 fully saturated rings. The predicted octanol–water partition coefficient (Wildman–Crippen LogP) is 3.47. The van der Waals surface area contributed by atoms with Crippen LogP contribution in [0.1, 0.15) is 24.7 Å². The number of carbonyl (C=O) groups is 1. The first-order chi connectivity index (χ1) is 10.0. The number of nitrogens with zero attached hydrogens (tertiary/aromatic N) is 3. The molecule has 1 amide bonds. The van der Waals surface area contributed by atoms with E-state index in [-0.39, 0.29) is 23.6 Å². The lowest BCUT2D eigenvalue weighted by Gasteiger charge is -2.31. The van der Waals surface area contributed by atoms with Gasteiger partial charge in [0.25, 0.3) is 0 Å².